The Kier molecular flexibility index (Phi) is 6.44. The molecule has 20 heavy (non-hydrogen) atoms. The molecule has 0 aliphatic heterocycles. The predicted octanol–water partition coefficient (Wildman–Crippen LogP) is 2.05. The Hall–Kier alpha value is -1.63. The van der Waals surface area contributed by atoms with Gasteiger partial charge < -0.3 is 10.1 Å². The second kappa shape index (κ2) is 7.84. The monoisotopic (exact) mass is 284 g/mol. The Morgan fingerprint density at radius 3 is 2.75 bits per heavy atom. The van der Waals surface area contributed by atoms with Crippen LogP contribution in [0.2, 0.25) is 0 Å². The number of aromatic nitrogens is 2. The lowest BCUT2D eigenvalue weighted by molar-refractivity contribution is -0.386. The van der Waals surface area contributed by atoms with Gasteiger partial charge in [-0.2, -0.15) is 5.10 Å². The third-order valence-electron chi connectivity index (χ3n) is 2.82. The second-order valence-electron chi connectivity index (χ2n) is 5.04. The van der Waals surface area contributed by atoms with Crippen molar-refractivity contribution >= 4 is 5.69 Å². The van der Waals surface area contributed by atoms with Crippen LogP contribution in [-0.2, 0) is 13.5 Å². The van der Waals surface area contributed by atoms with Gasteiger partial charge in [0.1, 0.15) is 5.69 Å². The summed E-state index contributed by atoms with van der Waals surface area (Å²) in [6.45, 7) is 7.38. The van der Waals surface area contributed by atoms with Gasteiger partial charge in [0.15, 0.2) is 0 Å². The van der Waals surface area contributed by atoms with E-state index in [9.17, 15) is 10.1 Å². The average molecular weight is 284 g/mol. The van der Waals surface area contributed by atoms with E-state index in [-0.39, 0.29) is 11.6 Å². The lowest BCUT2D eigenvalue weighted by atomic mass is 10.2. The molecule has 1 N–H and O–H groups in total. The smallest absolute Gasteiger partial charge is 0.353 e. The first-order valence-corrected chi connectivity index (χ1v) is 7.03. The summed E-state index contributed by atoms with van der Waals surface area (Å²) in [5, 5.41) is 18.6. The van der Waals surface area contributed by atoms with Crippen molar-refractivity contribution in [2.24, 2.45) is 7.05 Å². The molecular formula is C13H24N4O3. The number of aryl methyl sites for hydroxylation is 2. The zero-order chi connectivity index (χ0) is 15.1. The number of nitrogens with zero attached hydrogens (tertiary/aromatic N) is 3. The van der Waals surface area contributed by atoms with Gasteiger partial charge in [0.25, 0.3) is 5.88 Å². The molecular weight excluding hydrogens is 260 g/mol. The minimum absolute atomic E-state index is 0.00571. The zero-order valence-corrected chi connectivity index (χ0v) is 12.7. The highest BCUT2D eigenvalue weighted by Gasteiger charge is 2.27. The van der Waals surface area contributed by atoms with Gasteiger partial charge in [0, 0.05) is 13.1 Å². The van der Waals surface area contributed by atoms with Crippen molar-refractivity contribution in [3.8, 4) is 5.88 Å². The normalized spacial score (nSPS) is 11.1. The van der Waals surface area contributed by atoms with Gasteiger partial charge in [-0.3, -0.25) is 10.1 Å². The van der Waals surface area contributed by atoms with E-state index in [1.807, 2.05) is 6.92 Å². The Labute approximate surface area is 119 Å². The number of hydrogen-bond donors (Lipinski definition) is 1. The van der Waals surface area contributed by atoms with Gasteiger partial charge in [-0.25, -0.2) is 4.68 Å². The summed E-state index contributed by atoms with van der Waals surface area (Å²) in [4.78, 5) is 10.8. The molecule has 1 aromatic heterocycles. The molecule has 0 fully saturated rings. The van der Waals surface area contributed by atoms with Crippen molar-refractivity contribution in [1.82, 2.24) is 15.1 Å². The molecule has 1 heterocycles. The van der Waals surface area contributed by atoms with Crippen LogP contribution < -0.4 is 10.1 Å². The van der Waals surface area contributed by atoms with E-state index < -0.39 is 4.92 Å². The van der Waals surface area contributed by atoms with Crippen LogP contribution in [0.4, 0.5) is 5.69 Å². The molecule has 7 nitrogen and oxygen atoms in total. The quantitative estimate of drug-likeness (QED) is 0.426. The summed E-state index contributed by atoms with van der Waals surface area (Å²) in [6.07, 6.45) is 2.20. The van der Waals surface area contributed by atoms with Gasteiger partial charge in [0.05, 0.1) is 11.5 Å². The molecule has 1 rings (SSSR count). The summed E-state index contributed by atoms with van der Waals surface area (Å²) < 4.78 is 7.01. The van der Waals surface area contributed by atoms with E-state index >= 15 is 0 Å². The lowest BCUT2D eigenvalue weighted by Gasteiger charge is -2.08. The fourth-order valence-electron chi connectivity index (χ4n) is 1.93. The van der Waals surface area contributed by atoms with E-state index in [1.54, 1.807) is 7.05 Å². The zero-order valence-electron chi connectivity index (χ0n) is 12.7. The molecule has 114 valence electrons. The first-order chi connectivity index (χ1) is 9.47. The minimum atomic E-state index is -0.403. The van der Waals surface area contributed by atoms with Gasteiger partial charge >= 0.3 is 5.69 Å². The Morgan fingerprint density at radius 2 is 2.20 bits per heavy atom. The third-order valence-corrected chi connectivity index (χ3v) is 2.82. The van der Waals surface area contributed by atoms with Crippen molar-refractivity contribution in [2.45, 2.75) is 46.1 Å². The molecule has 1 aromatic rings. The Bertz CT molecular complexity index is 443. The highest BCUT2D eigenvalue weighted by atomic mass is 16.6. The van der Waals surface area contributed by atoms with Crippen LogP contribution in [0.5, 0.6) is 5.88 Å². The number of rotatable bonds is 9. The topological polar surface area (TPSA) is 82.2 Å². The van der Waals surface area contributed by atoms with Crippen LogP contribution in [0.1, 0.15) is 39.3 Å². The van der Waals surface area contributed by atoms with Crippen molar-refractivity contribution in [3.05, 3.63) is 15.8 Å². The minimum Gasteiger partial charge on any atom is -0.473 e. The molecule has 0 saturated carbocycles. The molecule has 0 saturated heterocycles. The molecule has 0 unspecified atom stereocenters. The number of nitrogens with one attached hydrogen (secondary N) is 1. The molecule has 0 amide bonds. The molecule has 0 spiro atoms. The highest BCUT2D eigenvalue weighted by molar-refractivity contribution is 5.46. The van der Waals surface area contributed by atoms with Crippen LogP contribution in [0.15, 0.2) is 0 Å². The lowest BCUT2D eigenvalue weighted by Crippen LogP contribution is -2.25. The van der Waals surface area contributed by atoms with Crippen LogP contribution in [0.25, 0.3) is 0 Å². The molecule has 0 aromatic carbocycles. The van der Waals surface area contributed by atoms with E-state index in [1.165, 1.54) is 4.68 Å². The maximum absolute atomic E-state index is 11.2. The van der Waals surface area contributed by atoms with Crippen LogP contribution in [0, 0.1) is 10.1 Å². The molecule has 0 radical (unpaired) electrons. The fourth-order valence-corrected chi connectivity index (χ4v) is 1.93. The van der Waals surface area contributed by atoms with Crippen LogP contribution in [-0.4, -0.2) is 33.9 Å². The van der Waals surface area contributed by atoms with E-state index in [0.717, 1.165) is 19.4 Å². The van der Waals surface area contributed by atoms with Gasteiger partial charge in [0.2, 0.25) is 0 Å². The number of hydrogen-bond acceptors (Lipinski definition) is 5. The molecule has 0 aliphatic carbocycles. The summed E-state index contributed by atoms with van der Waals surface area (Å²) in [6, 6.07) is 0.428. The molecule has 0 atom stereocenters. The van der Waals surface area contributed by atoms with Crippen molar-refractivity contribution in [2.75, 3.05) is 13.2 Å². The Morgan fingerprint density at radius 1 is 1.50 bits per heavy atom. The number of ether oxygens (including phenoxy) is 1. The van der Waals surface area contributed by atoms with Crippen molar-refractivity contribution < 1.29 is 9.66 Å². The summed E-state index contributed by atoms with van der Waals surface area (Å²) >= 11 is 0. The average Bonchev–Trinajstić information content (AvgIpc) is 2.65. The maximum Gasteiger partial charge on any atom is 0.353 e. The van der Waals surface area contributed by atoms with Crippen molar-refractivity contribution in [1.29, 1.82) is 0 Å². The third kappa shape index (κ3) is 4.48. The SMILES string of the molecule is CCCc1nn(C)c(OCCCNC(C)C)c1[N+](=O)[O-]. The highest BCUT2D eigenvalue weighted by Crippen LogP contribution is 2.31. The summed E-state index contributed by atoms with van der Waals surface area (Å²) in [5.41, 5.74) is 0.501. The first-order valence-electron chi connectivity index (χ1n) is 7.03. The predicted molar refractivity (Wildman–Crippen MR) is 77.1 cm³/mol. The van der Waals surface area contributed by atoms with E-state index in [4.69, 9.17) is 4.74 Å². The van der Waals surface area contributed by atoms with Crippen LogP contribution >= 0.6 is 0 Å². The summed E-state index contributed by atoms with van der Waals surface area (Å²) in [7, 11) is 1.67. The largest absolute Gasteiger partial charge is 0.473 e. The molecule has 0 bridgehead atoms. The van der Waals surface area contributed by atoms with E-state index in [2.05, 4.69) is 24.3 Å². The number of nitro groups is 1. The van der Waals surface area contributed by atoms with Gasteiger partial charge in [-0.1, -0.05) is 27.2 Å². The van der Waals surface area contributed by atoms with Crippen LogP contribution in [0.3, 0.4) is 0 Å². The van der Waals surface area contributed by atoms with Gasteiger partial charge in [-0.05, 0) is 19.4 Å². The summed E-state index contributed by atoms with van der Waals surface area (Å²) in [5.74, 6) is 0.253. The first kappa shape index (κ1) is 16.4. The standard InChI is InChI=1S/C13H24N4O3/c1-5-7-11-12(17(18)19)13(16(4)15-11)20-9-6-8-14-10(2)3/h10,14H,5-9H2,1-4H3. The van der Waals surface area contributed by atoms with Gasteiger partial charge in [-0.15, -0.1) is 0 Å². The van der Waals surface area contributed by atoms with Crippen molar-refractivity contribution in [3.63, 3.8) is 0 Å². The van der Waals surface area contributed by atoms with E-state index in [0.29, 0.717) is 24.8 Å². The molecule has 0 aliphatic rings. The fraction of sp³-hybridized carbons (Fsp3) is 0.769. The molecule has 7 heteroatoms. The Balaban J connectivity index is 2.66. The maximum atomic E-state index is 11.2. The second-order valence-corrected chi connectivity index (χ2v) is 5.04.